The summed E-state index contributed by atoms with van der Waals surface area (Å²) in [5, 5.41) is 0. The summed E-state index contributed by atoms with van der Waals surface area (Å²) in [5.41, 5.74) is 6.68. The SMILES string of the molecule is CC(=O)OCC(COC(C)=O)OCn1cnc2c(N)ncnc21. The number of nitrogens with two attached hydrogens (primary N) is 1. The Kier molecular flexibility index (Phi) is 5.41. The van der Waals surface area contributed by atoms with Gasteiger partial charge in [-0.2, -0.15) is 0 Å². The number of nitrogens with zero attached hydrogens (tertiary/aromatic N) is 4. The molecule has 2 rings (SSSR count). The van der Waals surface area contributed by atoms with Crippen LogP contribution in [0.1, 0.15) is 13.8 Å². The molecule has 0 aromatic carbocycles. The molecule has 2 heterocycles. The summed E-state index contributed by atoms with van der Waals surface area (Å²) in [5.74, 6) is -0.629. The number of carbonyl (C=O) groups excluding carboxylic acids is 2. The third kappa shape index (κ3) is 4.61. The van der Waals surface area contributed by atoms with Crippen LogP contribution < -0.4 is 5.73 Å². The van der Waals surface area contributed by atoms with Gasteiger partial charge in [0, 0.05) is 13.8 Å². The number of hydrogen-bond donors (Lipinski definition) is 1. The van der Waals surface area contributed by atoms with E-state index in [1.165, 1.54) is 26.5 Å². The molecular formula is C13H17N5O5. The van der Waals surface area contributed by atoms with Gasteiger partial charge < -0.3 is 19.9 Å². The van der Waals surface area contributed by atoms with Gasteiger partial charge in [-0.15, -0.1) is 0 Å². The van der Waals surface area contributed by atoms with Crippen molar-refractivity contribution < 1.29 is 23.8 Å². The number of anilines is 1. The second kappa shape index (κ2) is 7.49. The highest BCUT2D eigenvalue weighted by Gasteiger charge is 2.15. The van der Waals surface area contributed by atoms with E-state index in [9.17, 15) is 9.59 Å². The Morgan fingerprint density at radius 2 is 1.83 bits per heavy atom. The zero-order valence-electron chi connectivity index (χ0n) is 12.8. The number of hydrogen-bond acceptors (Lipinski definition) is 9. The molecule has 0 aliphatic carbocycles. The predicted molar refractivity (Wildman–Crippen MR) is 77.9 cm³/mol. The molecule has 0 atom stereocenters. The van der Waals surface area contributed by atoms with Crippen molar-refractivity contribution in [3.63, 3.8) is 0 Å². The van der Waals surface area contributed by atoms with Gasteiger partial charge in [0.05, 0.1) is 6.33 Å². The molecule has 10 nitrogen and oxygen atoms in total. The van der Waals surface area contributed by atoms with E-state index in [1.54, 1.807) is 4.57 Å². The van der Waals surface area contributed by atoms with E-state index >= 15 is 0 Å². The Labute approximate surface area is 131 Å². The van der Waals surface area contributed by atoms with Gasteiger partial charge in [0.15, 0.2) is 11.5 Å². The average molecular weight is 323 g/mol. The summed E-state index contributed by atoms with van der Waals surface area (Å²) in [6, 6.07) is 0. The molecule has 0 fully saturated rings. The predicted octanol–water partition coefficient (Wildman–Crippen LogP) is -0.123. The summed E-state index contributed by atoms with van der Waals surface area (Å²) in [7, 11) is 0. The normalized spacial score (nSPS) is 10.9. The molecule has 0 unspecified atom stereocenters. The van der Waals surface area contributed by atoms with Crippen molar-refractivity contribution in [2.24, 2.45) is 0 Å². The van der Waals surface area contributed by atoms with Crippen LogP contribution in [0.15, 0.2) is 12.7 Å². The summed E-state index contributed by atoms with van der Waals surface area (Å²) in [6.07, 6.45) is 2.22. The zero-order chi connectivity index (χ0) is 16.8. The molecule has 2 aromatic heterocycles. The van der Waals surface area contributed by atoms with Crippen LogP contribution in [0.4, 0.5) is 5.82 Å². The van der Waals surface area contributed by atoms with E-state index in [2.05, 4.69) is 15.0 Å². The highest BCUT2D eigenvalue weighted by atomic mass is 16.6. The van der Waals surface area contributed by atoms with Crippen molar-refractivity contribution in [1.29, 1.82) is 0 Å². The molecule has 0 amide bonds. The van der Waals surface area contributed by atoms with Gasteiger partial charge in [0.1, 0.15) is 37.9 Å². The minimum Gasteiger partial charge on any atom is -0.463 e. The van der Waals surface area contributed by atoms with Crippen LogP contribution in [0.2, 0.25) is 0 Å². The van der Waals surface area contributed by atoms with Gasteiger partial charge in [-0.05, 0) is 0 Å². The number of esters is 2. The average Bonchev–Trinajstić information content (AvgIpc) is 2.90. The maximum Gasteiger partial charge on any atom is 0.302 e. The van der Waals surface area contributed by atoms with E-state index in [0.717, 1.165) is 0 Å². The minimum absolute atomic E-state index is 0.0354. The first-order valence-electron chi connectivity index (χ1n) is 6.77. The first kappa shape index (κ1) is 16.6. The number of imidazole rings is 1. The van der Waals surface area contributed by atoms with Crippen LogP contribution in [-0.2, 0) is 30.5 Å². The Bertz CT molecular complexity index is 683. The van der Waals surface area contributed by atoms with E-state index in [0.29, 0.717) is 11.2 Å². The number of fused-ring (bicyclic) bond motifs is 1. The number of rotatable bonds is 7. The molecule has 0 spiro atoms. The van der Waals surface area contributed by atoms with Crippen LogP contribution >= 0.6 is 0 Å². The second-order valence-corrected chi connectivity index (χ2v) is 4.67. The molecule has 0 aliphatic heterocycles. The number of ether oxygens (including phenoxy) is 3. The van der Waals surface area contributed by atoms with Crippen molar-refractivity contribution in [1.82, 2.24) is 19.5 Å². The van der Waals surface area contributed by atoms with Crippen molar-refractivity contribution in [2.75, 3.05) is 18.9 Å². The quantitative estimate of drug-likeness (QED) is 0.692. The summed E-state index contributed by atoms with van der Waals surface area (Å²) >= 11 is 0. The Morgan fingerprint density at radius 3 is 2.43 bits per heavy atom. The monoisotopic (exact) mass is 323 g/mol. The fourth-order valence-electron chi connectivity index (χ4n) is 1.74. The molecule has 0 saturated carbocycles. The molecule has 124 valence electrons. The number of carbonyl (C=O) groups is 2. The van der Waals surface area contributed by atoms with Crippen molar-refractivity contribution in [2.45, 2.75) is 26.7 Å². The van der Waals surface area contributed by atoms with E-state index in [-0.39, 0.29) is 25.8 Å². The highest BCUT2D eigenvalue weighted by Crippen LogP contribution is 2.14. The standard InChI is InChI=1S/C13H17N5O5/c1-8(19)21-3-10(4-22-9(2)20)23-7-18-6-17-11-12(14)15-5-16-13(11)18/h5-6,10H,3-4,7H2,1-2H3,(H2,14,15,16). The Morgan fingerprint density at radius 1 is 1.17 bits per heavy atom. The van der Waals surface area contributed by atoms with E-state index < -0.39 is 18.0 Å². The van der Waals surface area contributed by atoms with E-state index in [4.69, 9.17) is 19.9 Å². The lowest BCUT2D eigenvalue weighted by Crippen LogP contribution is -2.28. The third-order valence-corrected chi connectivity index (χ3v) is 2.82. The van der Waals surface area contributed by atoms with Crippen LogP contribution in [0.3, 0.4) is 0 Å². The number of aromatic nitrogens is 4. The van der Waals surface area contributed by atoms with Crippen LogP contribution in [-0.4, -0.2) is 50.8 Å². The first-order chi connectivity index (χ1) is 11.0. The Hall–Kier alpha value is -2.75. The van der Waals surface area contributed by atoms with Gasteiger partial charge in [0.25, 0.3) is 0 Å². The topological polar surface area (TPSA) is 131 Å². The second-order valence-electron chi connectivity index (χ2n) is 4.67. The molecule has 0 radical (unpaired) electrons. The lowest BCUT2D eigenvalue weighted by atomic mass is 10.4. The van der Waals surface area contributed by atoms with Crippen LogP contribution in [0.25, 0.3) is 11.2 Å². The molecule has 0 aliphatic rings. The fraction of sp³-hybridized carbons (Fsp3) is 0.462. The van der Waals surface area contributed by atoms with Crippen LogP contribution in [0, 0.1) is 0 Å². The molecule has 10 heteroatoms. The molecule has 2 N–H and O–H groups in total. The minimum atomic E-state index is -0.612. The van der Waals surface area contributed by atoms with Gasteiger partial charge in [-0.1, -0.05) is 0 Å². The Balaban J connectivity index is 2.01. The molecular weight excluding hydrogens is 306 g/mol. The molecule has 2 aromatic rings. The van der Waals surface area contributed by atoms with E-state index in [1.807, 2.05) is 0 Å². The van der Waals surface area contributed by atoms with Crippen molar-refractivity contribution >= 4 is 28.9 Å². The fourth-order valence-corrected chi connectivity index (χ4v) is 1.74. The summed E-state index contributed by atoms with van der Waals surface area (Å²) in [6.45, 7) is 2.57. The van der Waals surface area contributed by atoms with Crippen molar-refractivity contribution in [3.05, 3.63) is 12.7 Å². The zero-order valence-corrected chi connectivity index (χ0v) is 12.8. The molecule has 23 heavy (non-hydrogen) atoms. The summed E-state index contributed by atoms with van der Waals surface area (Å²) in [4.78, 5) is 33.8. The van der Waals surface area contributed by atoms with Crippen LogP contribution in [0.5, 0.6) is 0 Å². The van der Waals surface area contributed by atoms with Gasteiger partial charge in [0.2, 0.25) is 0 Å². The maximum atomic E-state index is 10.9. The first-order valence-corrected chi connectivity index (χ1v) is 6.77. The summed E-state index contributed by atoms with van der Waals surface area (Å²) < 4.78 is 17.0. The van der Waals surface area contributed by atoms with Gasteiger partial charge in [-0.25, -0.2) is 15.0 Å². The maximum absolute atomic E-state index is 10.9. The molecule has 0 bridgehead atoms. The highest BCUT2D eigenvalue weighted by molar-refractivity contribution is 5.80. The number of nitrogen functional groups attached to an aromatic ring is 1. The smallest absolute Gasteiger partial charge is 0.302 e. The lowest BCUT2D eigenvalue weighted by Gasteiger charge is -2.17. The van der Waals surface area contributed by atoms with Gasteiger partial charge >= 0.3 is 11.9 Å². The lowest BCUT2D eigenvalue weighted by molar-refractivity contribution is -0.154. The van der Waals surface area contributed by atoms with Crippen molar-refractivity contribution in [3.8, 4) is 0 Å². The largest absolute Gasteiger partial charge is 0.463 e. The molecule has 0 saturated heterocycles. The van der Waals surface area contributed by atoms with Gasteiger partial charge in [-0.3, -0.25) is 14.2 Å². The third-order valence-electron chi connectivity index (χ3n) is 2.82.